The van der Waals surface area contributed by atoms with Crippen molar-refractivity contribution in [2.75, 3.05) is 0 Å². The summed E-state index contributed by atoms with van der Waals surface area (Å²) in [6.45, 7) is 4.07. The highest BCUT2D eigenvalue weighted by atomic mass is 16.1. The Labute approximate surface area is 104 Å². The number of ketones is 1. The van der Waals surface area contributed by atoms with E-state index in [9.17, 15) is 4.79 Å². The number of aryl methyl sites for hydroxylation is 1. The van der Waals surface area contributed by atoms with Gasteiger partial charge in [-0.25, -0.2) is 0 Å². The van der Waals surface area contributed by atoms with Gasteiger partial charge in [0.25, 0.3) is 0 Å². The zero-order valence-corrected chi connectivity index (χ0v) is 11.0. The van der Waals surface area contributed by atoms with Gasteiger partial charge in [-0.1, -0.05) is 49.9 Å². The van der Waals surface area contributed by atoms with Crippen LogP contribution in [0.15, 0.2) is 18.2 Å². The average molecular weight is 230 g/mol. The van der Waals surface area contributed by atoms with Gasteiger partial charge in [0.1, 0.15) is 0 Å². The third kappa shape index (κ3) is 2.77. The smallest absolute Gasteiger partial charge is 0.162 e. The molecule has 1 aliphatic rings. The minimum absolute atomic E-state index is 0.297. The first kappa shape index (κ1) is 12.3. The molecular formula is C16H22O. The van der Waals surface area contributed by atoms with Crippen molar-refractivity contribution in [1.29, 1.82) is 0 Å². The van der Waals surface area contributed by atoms with Gasteiger partial charge < -0.3 is 0 Å². The highest BCUT2D eigenvalue weighted by Gasteiger charge is 2.20. The van der Waals surface area contributed by atoms with Crippen LogP contribution in [0.4, 0.5) is 0 Å². The number of hydrogen-bond donors (Lipinski definition) is 0. The molecule has 0 amide bonds. The predicted molar refractivity (Wildman–Crippen MR) is 71.6 cm³/mol. The van der Waals surface area contributed by atoms with E-state index >= 15 is 0 Å². The molecule has 0 bridgehead atoms. The molecule has 0 heterocycles. The summed E-state index contributed by atoms with van der Waals surface area (Å²) in [6.07, 6.45) is 7.12. The molecule has 0 spiro atoms. The summed E-state index contributed by atoms with van der Waals surface area (Å²) < 4.78 is 0. The van der Waals surface area contributed by atoms with E-state index in [1.54, 1.807) is 0 Å². The van der Waals surface area contributed by atoms with Crippen molar-refractivity contribution in [3.8, 4) is 0 Å². The quantitative estimate of drug-likeness (QED) is 0.692. The largest absolute Gasteiger partial charge is 0.294 e. The zero-order valence-electron chi connectivity index (χ0n) is 11.0. The molecule has 1 aliphatic carbocycles. The van der Waals surface area contributed by atoms with Crippen LogP contribution in [0.3, 0.4) is 0 Å². The summed E-state index contributed by atoms with van der Waals surface area (Å²) in [6, 6.07) is 6.33. The van der Waals surface area contributed by atoms with Crippen molar-refractivity contribution in [2.24, 2.45) is 0 Å². The van der Waals surface area contributed by atoms with Gasteiger partial charge in [-0.3, -0.25) is 4.79 Å². The SMILES string of the molecule is CCC(=O)c1ccc(C)cc1C1CCCCC1. The number of Topliss-reactive ketones (excluding diaryl/α,β-unsaturated/α-hetero) is 1. The standard InChI is InChI=1S/C16H22O/c1-3-16(17)14-10-9-12(2)11-15(14)13-7-5-4-6-8-13/h9-11,13H,3-8H2,1-2H3. The maximum absolute atomic E-state index is 12.0. The van der Waals surface area contributed by atoms with Crippen molar-refractivity contribution in [3.63, 3.8) is 0 Å². The minimum atomic E-state index is 0.297. The lowest BCUT2D eigenvalue weighted by Gasteiger charge is -2.24. The maximum Gasteiger partial charge on any atom is 0.162 e. The first-order chi connectivity index (χ1) is 8.22. The molecule has 1 fully saturated rings. The molecule has 17 heavy (non-hydrogen) atoms. The first-order valence-corrected chi connectivity index (χ1v) is 6.86. The molecule has 0 unspecified atom stereocenters. The number of hydrogen-bond acceptors (Lipinski definition) is 1. The molecule has 1 saturated carbocycles. The first-order valence-electron chi connectivity index (χ1n) is 6.86. The van der Waals surface area contributed by atoms with Gasteiger partial charge in [-0.15, -0.1) is 0 Å². The molecule has 0 radical (unpaired) electrons. The summed E-state index contributed by atoms with van der Waals surface area (Å²) in [5, 5.41) is 0. The van der Waals surface area contributed by atoms with Gasteiger partial charge in [0.05, 0.1) is 0 Å². The number of benzene rings is 1. The fraction of sp³-hybridized carbons (Fsp3) is 0.562. The molecule has 1 heteroatoms. The van der Waals surface area contributed by atoms with Crippen molar-refractivity contribution >= 4 is 5.78 Å². The average Bonchev–Trinajstić information content (AvgIpc) is 2.39. The molecule has 1 nitrogen and oxygen atoms in total. The zero-order chi connectivity index (χ0) is 12.3. The van der Waals surface area contributed by atoms with Gasteiger partial charge in [0.15, 0.2) is 5.78 Å². The Morgan fingerprint density at radius 2 is 1.94 bits per heavy atom. The van der Waals surface area contributed by atoms with Crippen LogP contribution < -0.4 is 0 Å². The molecule has 92 valence electrons. The van der Waals surface area contributed by atoms with Gasteiger partial charge in [0.2, 0.25) is 0 Å². The topological polar surface area (TPSA) is 17.1 Å². The molecule has 0 atom stereocenters. The van der Waals surface area contributed by atoms with Crippen molar-refractivity contribution in [2.45, 2.75) is 58.3 Å². The fourth-order valence-corrected chi connectivity index (χ4v) is 2.88. The monoisotopic (exact) mass is 230 g/mol. The Bertz CT molecular complexity index is 400. The predicted octanol–water partition coefficient (Wildman–Crippen LogP) is 4.64. The van der Waals surface area contributed by atoms with Gasteiger partial charge >= 0.3 is 0 Å². The molecule has 0 N–H and O–H groups in total. The third-order valence-corrected chi connectivity index (χ3v) is 3.87. The summed E-state index contributed by atoms with van der Waals surface area (Å²) in [7, 11) is 0. The van der Waals surface area contributed by atoms with Crippen LogP contribution in [0.2, 0.25) is 0 Å². The summed E-state index contributed by atoms with van der Waals surface area (Å²) in [5.74, 6) is 0.916. The normalized spacial score (nSPS) is 17.1. The molecule has 2 rings (SSSR count). The summed E-state index contributed by atoms with van der Waals surface area (Å²) in [4.78, 5) is 12.0. The van der Waals surface area contributed by atoms with E-state index in [0.717, 1.165) is 5.56 Å². The van der Waals surface area contributed by atoms with Crippen molar-refractivity contribution in [3.05, 3.63) is 34.9 Å². The van der Waals surface area contributed by atoms with Crippen LogP contribution in [0.5, 0.6) is 0 Å². The summed E-state index contributed by atoms with van der Waals surface area (Å²) >= 11 is 0. The lowest BCUT2D eigenvalue weighted by atomic mass is 9.80. The van der Waals surface area contributed by atoms with E-state index < -0.39 is 0 Å². The molecule has 0 aromatic heterocycles. The fourth-order valence-electron chi connectivity index (χ4n) is 2.88. The highest BCUT2D eigenvalue weighted by Crippen LogP contribution is 2.35. The van der Waals surface area contributed by atoms with E-state index in [2.05, 4.69) is 19.1 Å². The van der Waals surface area contributed by atoms with E-state index in [0.29, 0.717) is 18.1 Å². The van der Waals surface area contributed by atoms with Crippen LogP contribution in [-0.2, 0) is 0 Å². The van der Waals surface area contributed by atoms with Crippen molar-refractivity contribution < 1.29 is 4.79 Å². The Balaban J connectivity index is 2.35. The second kappa shape index (κ2) is 5.48. The summed E-state index contributed by atoms with van der Waals surface area (Å²) in [5.41, 5.74) is 3.57. The number of rotatable bonds is 3. The Morgan fingerprint density at radius 3 is 2.59 bits per heavy atom. The lowest BCUT2D eigenvalue weighted by molar-refractivity contribution is 0.0986. The molecule has 0 saturated heterocycles. The maximum atomic E-state index is 12.0. The van der Waals surface area contributed by atoms with Crippen molar-refractivity contribution in [1.82, 2.24) is 0 Å². The second-order valence-electron chi connectivity index (χ2n) is 5.20. The van der Waals surface area contributed by atoms with Crippen LogP contribution in [0.1, 0.15) is 72.9 Å². The van der Waals surface area contributed by atoms with E-state index in [1.165, 1.54) is 43.2 Å². The number of carbonyl (C=O) groups excluding carboxylic acids is 1. The molecule has 1 aromatic rings. The van der Waals surface area contributed by atoms with Crippen LogP contribution in [-0.4, -0.2) is 5.78 Å². The number of carbonyl (C=O) groups is 1. The molecule has 0 aliphatic heterocycles. The van der Waals surface area contributed by atoms with Crippen LogP contribution >= 0.6 is 0 Å². The Hall–Kier alpha value is -1.11. The van der Waals surface area contributed by atoms with E-state index in [-0.39, 0.29) is 0 Å². The molecular weight excluding hydrogens is 208 g/mol. The van der Waals surface area contributed by atoms with E-state index in [4.69, 9.17) is 0 Å². The highest BCUT2D eigenvalue weighted by molar-refractivity contribution is 5.97. The Morgan fingerprint density at radius 1 is 1.24 bits per heavy atom. The van der Waals surface area contributed by atoms with E-state index in [1.807, 2.05) is 13.0 Å². The minimum Gasteiger partial charge on any atom is -0.294 e. The van der Waals surface area contributed by atoms with Gasteiger partial charge in [-0.05, 0) is 31.2 Å². The van der Waals surface area contributed by atoms with Crippen LogP contribution in [0.25, 0.3) is 0 Å². The Kier molecular flexibility index (Phi) is 3.98. The van der Waals surface area contributed by atoms with Gasteiger partial charge in [-0.2, -0.15) is 0 Å². The van der Waals surface area contributed by atoms with Crippen LogP contribution in [0, 0.1) is 6.92 Å². The van der Waals surface area contributed by atoms with Gasteiger partial charge in [0, 0.05) is 12.0 Å². The second-order valence-corrected chi connectivity index (χ2v) is 5.20. The molecule has 1 aromatic carbocycles. The lowest BCUT2D eigenvalue weighted by Crippen LogP contribution is -2.10. The third-order valence-electron chi connectivity index (χ3n) is 3.87.